The van der Waals surface area contributed by atoms with E-state index in [1.807, 2.05) is 0 Å². The van der Waals surface area contributed by atoms with Gasteiger partial charge in [-0.05, 0) is 18.9 Å². The van der Waals surface area contributed by atoms with E-state index in [-0.39, 0.29) is 13.0 Å². The highest BCUT2D eigenvalue weighted by molar-refractivity contribution is 6.31. The fraction of sp³-hybridized carbons (Fsp3) is 0.429. The smallest absolute Gasteiger partial charge is 0.323 e. The molecule has 3 N–H and O–H groups in total. The Balaban J connectivity index is 2.28. The van der Waals surface area contributed by atoms with Crippen LogP contribution in [0.2, 0.25) is 5.02 Å². The number of benzene rings is 1. The third-order valence-corrected chi connectivity index (χ3v) is 3.16. The van der Waals surface area contributed by atoms with Gasteiger partial charge in [-0.25, -0.2) is 0 Å². The number of hydrogen-bond donors (Lipinski definition) is 2. The Morgan fingerprint density at radius 1 is 1.30 bits per heavy atom. The molecule has 1 unspecified atom stereocenters. The van der Waals surface area contributed by atoms with Crippen molar-refractivity contribution in [2.24, 2.45) is 5.73 Å². The molecule has 6 heteroatoms. The van der Waals surface area contributed by atoms with Crippen LogP contribution in [0.25, 0.3) is 0 Å². The number of carbonyl (C=O) groups excluding carboxylic acids is 1. The Kier molecular flexibility index (Phi) is 7.04. The molecule has 0 fully saturated rings. The number of rotatable bonds is 8. The quantitative estimate of drug-likeness (QED) is 0.568. The van der Waals surface area contributed by atoms with Crippen LogP contribution < -0.4 is 5.73 Å². The summed E-state index contributed by atoms with van der Waals surface area (Å²) in [5.74, 6) is -1.35. The second-order valence-corrected chi connectivity index (χ2v) is 4.85. The van der Waals surface area contributed by atoms with E-state index < -0.39 is 18.0 Å². The maximum atomic E-state index is 11.6. The van der Waals surface area contributed by atoms with Crippen molar-refractivity contribution in [1.29, 1.82) is 0 Å². The van der Waals surface area contributed by atoms with E-state index in [0.29, 0.717) is 24.3 Å². The summed E-state index contributed by atoms with van der Waals surface area (Å²) in [6, 6.07) is 6.36. The third-order valence-electron chi connectivity index (χ3n) is 2.79. The molecule has 1 rings (SSSR count). The van der Waals surface area contributed by atoms with Crippen LogP contribution >= 0.6 is 11.6 Å². The number of nitrogens with two attached hydrogens (primary N) is 1. The first-order valence-electron chi connectivity index (χ1n) is 6.38. The summed E-state index contributed by atoms with van der Waals surface area (Å²) < 4.78 is 5.08. The highest BCUT2D eigenvalue weighted by Crippen LogP contribution is 2.16. The van der Waals surface area contributed by atoms with Gasteiger partial charge in [0, 0.05) is 17.0 Å². The molecule has 1 aromatic rings. The first-order chi connectivity index (χ1) is 9.50. The molecule has 110 valence electrons. The molecule has 0 amide bonds. The molecule has 0 saturated carbocycles. The molecular formula is C14H18ClNO4. The topological polar surface area (TPSA) is 89.6 Å². The van der Waals surface area contributed by atoms with Crippen LogP contribution in [-0.4, -0.2) is 23.1 Å². The average Bonchev–Trinajstić information content (AvgIpc) is 2.42. The van der Waals surface area contributed by atoms with Gasteiger partial charge in [0.05, 0.1) is 0 Å². The predicted molar refractivity (Wildman–Crippen MR) is 75.3 cm³/mol. The number of halogens is 1. The van der Waals surface area contributed by atoms with Gasteiger partial charge in [-0.1, -0.05) is 36.2 Å². The molecule has 0 aliphatic rings. The number of ether oxygens (including phenoxy) is 1. The van der Waals surface area contributed by atoms with Gasteiger partial charge in [0.25, 0.3) is 0 Å². The number of carboxylic acids is 1. The zero-order valence-corrected chi connectivity index (χ0v) is 11.8. The highest BCUT2D eigenvalue weighted by Gasteiger charge is 2.15. The standard InChI is InChI=1S/C14H18ClNO4/c15-11-6-2-1-5-10(11)9-20-14(19)12(16)7-3-4-8-13(17)18/h1-2,5-6,12H,3-4,7-9,16H2,(H,17,18). The number of esters is 1. The van der Waals surface area contributed by atoms with Crippen LogP contribution in [0.15, 0.2) is 24.3 Å². The minimum Gasteiger partial charge on any atom is -0.481 e. The molecule has 0 aliphatic carbocycles. The number of aliphatic carboxylic acids is 1. The highest BCUT2D eigenvalue weighted by atomic mass is 35.5. The lowest BCUT2D eigenvalue weighted by Crippen LogP contribution is -2.32. The van der Waals surface area contributed by atoms with Crippen molar-refractivity contribution in [1.82, 2.24) is 0 Å². The van der Waals surface area contributed by atoms with Gasteiger partial charge in [-0.2, -0.15) is 0 Å². The first kappa shape index (κ1) is 16.5. The first-order valence-corrected chi connectivity index (χ1v) is 6.76. The van der Waals surface area contributed by atoms with E-state index in [1.165, 1.54) is 0 Å². The summed E-state index contributed by atoms with van der Waals surface area (Å²) in [4.78, 5) is 22.0. The largest absolute Gasteiger partial charge is 0.481 e. The normalized spacial score (nSPS) is 11.9. The number of carboxylic acid groups (broad SMARTS) is 1. The van der Waals surface area contributed by atoms with Gasteiger partial charge in [0.15, 0.2) is 0 Å². The minimum absolute atomic E-state index is 0.0847. The summed E-state index contributed by atoms with van der Waals surface area (Å²) in [6.45, 7) is 0.0847. The Morgan fingerprint density at radius 2 is 2.00 bits per heavy atom. The van der Waals surface area contributed by atoms with Gasteiger partial charge in [-0.15, -0.1) is 0 Å². The summed E-state index contributed by atoms with van der Waals surface area (Å²) in [7, 11) is 0. The van der Waals surface area contributed by atoms with Crippen LogP contribution in [0.1, 0.15) is 31.2 Å². The van der Waals surface area contributed by atoms with Crippen molar-refractivity contribution in [3.63, 3.8) is 0 Å². The van der Waals surface area contributed by atoms with Gasteiger partial charge >= 0.3 is 11.9 Å². The summed E-state index contributed by atoms with van der Waals surface area (Å²) >= 11 is 5.94. The zero-order valence-electron chi connectivity index (χ0n) is 11.0. The van der Waals surface area contributed by atoms with Crippen LogP contribution in [0.3, 0.4) is 0 Å². The van der Waals surface area contributed by atoms with Crippen LogP contribution in [0.4, 0.5) is 0 Å². The van der Waals surface area contributed by atoms with Gasteiger partial charge in [0.2, 0.25) is 0 Å². The number of unbranched alkanes of at least 4 members (excludes halogenated alkanes) is 1. The second kappa shape index (κ2) is 8.55. The molecule has 0 aliphatic heterocycles. The Bertz CT molecular complexity index is 464. The summed E-state index contributed by atoms with van der Waals surface area (Å²) in [5, 5.41) is 9.03. The van der Waals surface area contributed by atoms with Crippen molar-refractivity contribution in [2.45, 2.75) is 38.3 Å². The molecule has 0 heterocycles. The molecular weight excluding hydrogens is 282 g/mol. The van der Waals surface area contributed by atoms with Gasteiger partial charge in [-0.3, -0.25) is 9.59 Å². The Hall–Kier alpha value is -1.59. The molecule has 5 nitrogen and oxygen atoms in total. The zero-order chi connectivity index (χ0) is 15.0. The minimum atomic E-state index is -0.847. The van der Waals surface area contributed by atoms with Crippen molar-refractivity contribution >= 4 is 23.5 Å². The lowest BCUT2D eigenvalue weighted by molar-refractivity contribution is -0.146. The molecule has 0 saturated heterocycles. The molecule has 1 aromatic carbocycles. The van der Waals surface area contributed by atoms with Crippen LogP contribution in [-0.2, 0) is 20.9 Å². The monoisotopic (exact) mass is 299 g/mol. The average molecular weight is 300 g/mol. The van der Waals surface area contributed by atoms with E-state index in [9.17, 15) is 9.59 Å². The fourth-order valence-electron chi connectivity index (χ4n) is 1.63. The van der Waals surface area contributed by atoms with E-state index in [1.54, 1.807) is 24.3 Å². The van der Waals surface area contributed by atoms with Crippen molar-refractivity contribution < 1.29 is 19.4 Å². The predicted octanol–water partition coefficient (Wildman–Crippen LogP) is 2.36. The van der Waals surface area contributed by atoms with Gasteiger partial charge < -0.3 is 15.6 Å². The van der Waals surface area contributed by atoms with E-state index in [4.69, 9.17) is 27.2 Å². The summed E-state index contributed by atoms with van der Waals surface area (Å²) in [6.07, 6.45) is 1.57. The Labute approximate surface area is 122 Å². The maximum absolute atomic E-state index is 11.6. The molecule has 0 spiro atoms. The van der Waals surface area contributed by atoms with Crippen molar-refractivity contribution in [3.8, 4) is 0 Å². The van der Waals surface area contributed by atoms with E-state index in [2.05, 4.69) is 0 Å². The second-order valence-electron chi connectivity index (χ2n) is 4.45. The van der Waals surface area contributed by atoms with E-state index >= 15 is 0 Å². The lowest BCUT2D eigenvalue weighted by atomic mass is 10.1. The van der Waals surface area contributed by atoms with Gasteiger partial charge in [0.1, 0.15) is 12.6 Å². The molecule has 0 bridgehead atoms. The SMILES string of the molecule is NC(CCCCC(=O)O)C(=O)OCc1ccccc1Cl. The number of hydrogen-bond acceptors (Lipinski definition) is 4. The van der Waals surface area contributed by atoms with Crippen LogP contribution in [0, 0.1) is 0 Å². The molecule has 0 radical (unpaired) electrons. The Morgan fingerprint density at radius 3 is 2.65 bits per heavy atom. The molecule has 1 atom stereocenters. The van der Waals surface area contributed by atoms with E-state index in [0.717, 1.165) is 5.56 Å². The third kappa shape index (κ3) is 6.04. The van der Waals surface area contributed by atoms with Crippen molar-refractivity contribution in [3.05, 3.63) is 34.9 Å². The fourth-order valence-corrected chi connectivity index (χ4v) is 1.82. The maximum Gasteiger partial charge on any atom is 0.323 e. The summed E-state index contributed by atoms with van der Waals surface area (Å²) in [5.41, 5.74) is 6.40. The lowest BCUT2D eigenvalue weighted by Gasteiger charge is -2.11. The molecule has 0 aromatic heterocycles. The van der Waals surface area contributed by atoms with Crippen molar-refractivity contribution in [2.75, 3.05) is 0 Å². The molecule has 20 heavy (non-hydrogen) atoms. The number of carbonyl (C=O) groups is 2. The van der Waals surface area contributed by atoms with Crippen LogP contribution in [0.5, 0.6) is 0 Å².